The molecule has 0 aromatic rings. The zero-order valence-corrected chi connectivity index (χ0v) is 14.9. The first-order valence-electron chi connectivity index (χ1n) is 8.82. The summed E-state index contributed by atoms with van der Waals surface area (Å²) in [5.41, 5.74) is -1.58. The highest BCUT2D eigenvalue weighted by atomic mass is 16.4. The molecule has 2 aliphatic rings. The van der Waals surface area contributed by atoms with E-state index in [0.717, 1.165) is 12.8 Å². The zero-order valence-electron chi connectivity index (χ0n) is 14.9. The third kappa shape index (κ3) is 4.93. The molecule has 0 aromatic heterocycles. The van der Waals surface area contributed by atoms with Crippen molar-refractivity contribution in [2.75, 3.05) is 13.2 Å². The highest BCUT2D eigenvalue weighted by molar-refractivity contribution is 5.98. The molecule has 140 valence electrons. The van der Waals surface area contributed by atoms with E-state index in [2.05, 4.69) is 0 Å². The Kier molecular flexibility index (Phi) is 7.23. The molecule has 0 amide bonds. The van der Waals surface area contributed by atoms with Crippen LogP contribution in [-0.4, -0.2) is 45.6 Å². The molecule has 0 bridgehead atoms. The molecule has 4 N–H and O–H groups in total. The van der Waals surface area contributed by atoms with Crippen LogP contribution in [0.25, 0.3) is 0 Å². The van der Waals surface area contributed by atoms with E-state index in [1.54, 1.807) is 0 Å². The topological polar surface area (TPSA) is 115 Å². The van der Waals surface area contributed by atoms with Crippen LogP contribution in [0.15, 0.2) is 0 Å². The molecule has 6 heteroatoms. The third-order valence-electron chi connectivity index (χ3n) is 5.86. The summed E-state index contributed by atoms with van der Waals surface area (Å²) in [5.74, 6) is -2.39. The van der Waals surface area contributed by atoms with Gasteiger partial charge in [-0.1, -0.05) is 33.1 Å². The second-order valence-electron chi connectivity index (χ2n) is 8.23. The van der Waals surface area contributed by atoms with Crippen molar-refractivity contribution in [3.05, 3.63) is 0 Å². The van der Waals surface area contributed by atoms with Crippen molar-refractivity contribution in [3.8, 4) is 0 Å². The van der Waals surface area contributed by atoms with Crippen LogP contribution in [-0.2, 0) is 9.59 Å². The highest BCUT2D eigenvalue weighted by Crippen LogP contribution is 2.45. The number of hydrogen-bond donors (Lipinski definition) is 4. The minimum Gasteiger partial charge on any atom is -0.480 e. The summed E-state index contributed by atoms with van der Waals surface area (Å²) in [6.45, 7) is 4.40. The lowest BCUT2D eigenvalue weighted by atomic mass is 9.65. The van der Waals surface area contributed by atoms with Crippen LogP contribution in [0.1, 0.15) is 71.6 Å². The smallest absolute Gasteiger partial charge is 0.321 e. The number of rotatable bonds is 4. The molecule has 0 atom stereocenters. The van der Waals surface area contributed by atoms with Crippen LogP contribution >= 0.6 is 0 Å². The molecule has 2 fully saturated rings. The van der Waals surface area contributed by atoms with Gasteiger partial charge in [-0.25, -0.2) is 0 Å². The van der Waals surface area contributed by atoms with Gasteiger partial charge in [-0.3, -0.25) is 9.59 Å². The Morgan fingerprint density at radius 2 is 1.17 bits per heavy atom. The Bertz CT molecular complexity index is 405. The Morgan fingerprint density at radius 3 is 1.46 bits per heavy atom. The first-order chi connectivity index (χ1) is 11.1. The summed E-state index contributed by atoms with van der Waals surface area (Å²) in [4.78, 5) is 21.9. The summed E-state index contributed by atoms with van der Waals surface area (Å²) in [7, 11) is 0. The fourth-order valence-electron chi connectivity index (χ4n) is 3.54. The molecule has 0 spiro atoms. The SMILES string of the molecule is CC1(C)CCC(C(=O)O)(C(=O)O)CC1.OCC1(CO)CCCCC1. The van der Waals surface area contributed by atoms with E-state index in [9.17, 15) is 9.59 Å². The molecule has 0 aliphatic heterocycles. The summed E-state index contributed by atoms with van der Waals surface area (Å²) in [5, 5.41) is 35.9. The molecule has 2 aliphatic carbocycles. The third-order valence-corrected chi connectivity index (χ3v) is 5.86. The van der Waals surface area contributed by atoms with E-state index >= 15 is 0 Å². The van der Waals surface area contributed by atoms with Crippen LogP contribution in [0.3, 0.4) is 0 Å². The normalized spacial score (nSPS) is 24.3. The second-order valence-corrected chi connectivity index (χ2v) is 8.23. The van der Waals surface area contributed by atoms with Crippen LogP contribution in [0.5, 0.6) is 0 Å². The van der Waals surface area contributed by atoms with Crippen molar-refractivity contribution in [2.45, 2.75) is 71.6 Å². The molecule has 0 unspecified atom stereocenters. The molecule has 2 saturated carbocycles. The summed E-state index contributed by atoms with van der Waals surface area (Å²) < 4.78 is 0. The number of hydrogen-bond acceptors (Lipinski definition) is 4. The largest absolute Gasteiger partial charge is 0.480 e. The number of aliphatic carboxylic acids is 2. The van der Waals surface area contributed by atoms with Crippen molar-refractivity contribution < 1.29 is 30.0 Å². The summed E-state index contributed by atoms with van der Waals surface area (Å²) >= 11 is 0. The lowest BCUT2D eigenvalue weighted by Crippen LogP contribution is -2.43. The monoisotopic (exact) mass is 344 g/mol. The van der Waals surface area contributed by atoms with Gasteiger partial charge in [0.1, 0.15) is 0 Å². The molecular weight excluding hydrogens is 312 g/mol. The number of carboxylic acids is 2. The first-order valence-corrected chi connectivity index (χ1v) is 8.82. The summed E-state index contributed by atoms with van der Waals surface area (Å²) in [6.07, 6.45) is 7.40. The van der Waals surface area contributed by atoms with Crippen molar-refractivity contribution in [3.63, 3.8) is 0 Å². The Hall–Kier alpha value is -1.14. The van der Waals surface area contributed by atoms with Gasteiger partial charge >= 0.3 is 11.9 Å². The quantitative estimate of drug-likeness (QED) is 0.583. The zero-order chi connectivity index (χ0) is 18.4. The van der Waals surface area contributed by atoms with E-state index in [-0.39, 0.29) is 36.9 Å². The van der Waals surface area contributed by atoms with Crippen molar-refractivity contribution >= 4 is 11.9 Å². The van der Waals surface area contributed by atoms with E-state index < -0.39 is 17.4 Å². The van der Waals surface area contributed by atoms with Crippen LogP contribution in [0.4, 0.5) is 0 Å². The molecule has 0 radical (unpaired) electrons. The minimum absolute atomic E-state index is 0.0778. The van der Waals surface area contributed by atoms with Gasteiger partial charge in [0, 0.05) is 5.41 Å². The van der Waals surface area contributed by atoms with Gasteiger partial charge in [-0.15, -0.1) is 0 Å². The standard InChI is InChI=1S/C10H16O4.C8H16O2/c1-9(2)3-5-10(6-4-9,7(11)12)8(13)14;9-6-8(7-10)4-2-1-3-5-8/h3-6H2,1-2H3,(H,11,12)(H,13,14);9-10H,1-7H2. The predicted octanol–water partition coefficient (Wildman–Crippen LogP) is 2.66. The number of aliphatic hydroxyl groups excluding tert-OH is 2. The second kappa shape index (κ2) is 8.30. The van der Waals surface area contributed by atoms with Gasteiger partial charge in [-0.05, 0) is 43.9 Å². The Labute approximate surface area is 143 Å². The lowest BCUT2D eigenvalue weighted by Gasteiger charge is -2.38. The first kappa shape index (κ1) is 20.9. The van der Waals surface area contributed by atoms with E-state index in [1.807, 2.05) is 13.8 Å². The lowest BCUT2D eigenvalue weighted by molar-refractivity contribution is -0.168. The van der Waals surface area contributed by atoms with Gasteiger partial charge in [0.25, 0.3) is 0 Å². The molecule has 0 heterocycles. The Balaban J connectivity index is 0.000000254. The van der Waals surface area contributed by atoms with Crippen molar-refractivity contribution in [1.82, 2.24) is 0 Å². The van der Waals surface area contributed by atoms with Gasteiger partial charge in [0.2, 0.25) is 0 Å². The Morgan fingerprint density at radius 1 is 0.750 bits per heavy atom. The molecular formula is C18H32O6. The molecule has 6 nitrogen and oxygen atoms in total. The maximum atomic E-state index is 10.9. The van der Waals surface area contributed by atoms with Gasteiger partial charge < -0.3 is 20.4 Å². The number of aliphatic hydroxyl groups is 2. The number of carboxylic acid groups (broad SMARTS) is 2. The minimum atomic E-state index is -1.53. The fraction of sp³-hybridized carbons (Fsp3) is 0.889. The van der Waals surface area contributed by atoms with Gasteiger partial charge in [0.05, 0.1) is 13.2 Å². The van der Waals surface area contributed by atoms with Crippen LogP contribution in [0.2, 0.25) is 0 Å². The molecule has 2 rings (SSSR count). The molecule has 0 aromatic carbocycles. The van der Waals surface area contributed by atoms with Crippen molar-refractivity contribution in [2.24, 2.45) is 16.2 Å². The maximum absolute atomic E-state index is 10.9. The highest BCUT2D eigenvalue weighted by Gasteiger charge is 2.50. The van der Waals surface area contributed by atoms with Gasteiger partial charge in [-0.2, -0.15) is 0 Å². The fourth-order valence-corrected chi connectivity index (χ4v) is 3.54. The van der Waals surface area contributed by atoms with E-state index in [1.165, 1.54) is 19.3 Å². The predicted molar refractivity (Wildman–Crippen MR) is 89.6 cm³/mol. The van der Waals surface area contributed by atoms with E-state index in [0.29, 0.717) is 12.8 Å². The van der Waals surface area contributed by atoms with Gasteiger partial charge in [0.15, 0.2) is 5.41 Å². The molecule has 24 heavy (non-hydrogen) atoms. The maximum Gasteiger partial charge on any atom is 0.321 e. The van der Waals surface area contributed by atoms with Crippen LogP contribution < -0.4 is 0 Å². The van der Waals surface area contributed by atoms with Crippen molar-refractivity contribution in [1.29, 1.82) is 0 Å². The number of carbonyl (C=O) groups is 2. The van der Waals surface area contributed by atoms with Crippen LogP contribution in [0, 0.1) is 16.2 Å². The molecule has 0 saturated heterocycles. The van der Waals surface area contributed by atoms with E-state index in [4.69, 9.17) is 20.4 Å². The summed E-state index contributed by atoms with van der Waals surface area (Å²) in [6, 6.07) is 0. The average Bonchev–Trinajstić information content (AvgIpc) is 2.55. The average molecular weight is 344 g/mol.